The second kappa shape index (κ2) is 9.92. The maximum atomic E-state index is 12.1. The van der Waals surface area contributed by atoms with E-state index in [-0.39, 0.29) is 13.2 Å². The molecule has 0 saturated carbocycles. The van der Waals surface area contributed by atoms with Crippen LogP contribution in [0, 0.1) is 13.8 Å². The minimum absolute atomic E-state index is 0.166. The molecule has 0 aliphatic rings. The fourth-order valence-corrected chi connectivity index (χ4v) is 4.23. The highest BCUT2D eigenvalue weighted by atomic mass is 16.5. The summed E-state index contributed by atoms with van der Waals surface area (Å²) in [5, 5.41) is 5.35. The fourth-order valence-electron chi connectivity index (χ4n) is 4.23. The van der Waals surface area contributed by atoms with Crippen LogP contribution >= 0.6 is 0 Å². The van der Waals surface area contributed by atoms with Crippen molar-refractivity contribution in [3.63, 3.8) is 0 Å². The molecule has 0 aliphatic carbocycles. The van der Waals surface area contributed by atoms with Crippen LogP contribution in [0.1, 0.15) is 18.2 Å². The summed E-state index contributed by atoms with van der Waals surface area (Å²) in [5.41, 5.74) is 6.75. The monoisotopic (exact) mass is 472 g/mol. The Hall–Kier alpha value is -4.27. The Kier molecular flexibility index (Phi) is 6.77. The summed E-state index contributed by atoms with van der Waals surface area (Å²) in [4.78, 5) is 36.5. The summed E-state index contributed by atoms with van der Waals surface area (Å²) in [7, 11) is 3.80. The molecule has 180 valence electrons. The van der Waals surface area contributed by atoms with Gasteiger partial charge in [-0.2, -0.15) is 5.10 Å². The first-order chi connectivity index (χ1) is 16.8. The number of carbonyl (C=O) groups is 2. The van der Waals surface area contributed by atoms with Crippen molar-refractivity contribution in [3.8, 4) is 11.3 Å². The van der Waals surface area contributed by atoms with Gasteiger partial charge in [-0.15, -0.1) is 0 Å². The van der Waals surface area contributed by atoms with Crippen LogP contribution < -0.4 is 9.80 Å². The minimum Gasteiger partial charge on any atom is -0.465 e. The van der Waals surface area contributed by atoms with E-state index in [1.165, 1.54) is 4.90 Å². The number of ether oxygens (including phenoxy) is 1. The Morgan fingerprint density at radius 3 is 2.60 bits per heavy atom. The van der Waals surface area contributed by atoms with Crippen LogP contribution in [-0.2, 0) is 21.4 Å². The number of fused-ring (bicyclic) bond motifs is 1. The number of esters is 1. The van der Waals surface area contributed by atoms with Crippen LogP contribution in [0.5, 0.6) is 0 Å². The van der Waals surface area contributed by atoms with E-state index in [0.29, 0.717) is 12.1 Å². The predicted octanol–water partition coefficient (Wildman–Crippen LogP) is 3.94. The molecule has 0 fully saturated rings. The largest absolute Gasteiger partial charge is 0.465 e. The third-order valence-corrected chi connectivity index (χ3v) is 5.98. The SMILES string of the molecule is CCOC(=O)CN(C=O)c1cccc(C)c1N(C)c1ccc(-c2c(C)ncc3c2cnn3C)nc1. The number of benzene rings is 1. The van der Waals surface area contributed by atoms with Crippen molar-refractivity contribution in [3.05, 3.63) is 60.2 Å². The molecule has 35 heavy (non-hydrogen) atoms. The average Bonchev–Trinajstić information content (AvgIpc) is 3.22. The lowest BCUT2D eigenvalue weighted by atomic mass is 10.1. The zero-order chi connectivity index (χ0) is 25.1. The molecule has 0 saturated heterocycles. The van der Waals surface area contributed by atoms with Gasteiger partial charge in [0.2, 0.25) is 6.41 Å². The van der Waals surface area contributed by atoms with Gasteiger partial charge in [-0.1, -0.05) is 12.1 Å². The van der Waals surface area contributed by atoms with E-state index in [1.807, 2.05) is 75.6 Å². The molecular weight excluding hydrogens is 444 g/mol. The summed E-state index contributed by atoms with van der Waals surface area (Å²) in [5.74, 6) is -0.464. The first kappa shape index (κ1) is 23.9. The molecule has 0 aliphatic heterocycles. The first-order valence-corrected chi connectivity index (χ1v) is 11.3. The molecule has 1 amide bonds. The first-order valence-electron chi connectivity index (χ1n) is 11.3. The standard InChI is InChI=1S/C26H28N6O3/c1-6-35-24(34)15-32(16-33)22-9-7-8-17(2)26(22)30(4)19-10-11-21(28-12-19)25-18(3)27-14-23-20(25)13-29-31(23)5/h7-14,16H,6,15H2,1-5H3. The van der Waals surface area contributed by atoms with Crippen LogP contribution in [0.15, 0.2) is 48.9 Å². The lowest BCUT2D eigenvalue weighted by Gasteiger charge is -2.28. The van der Waals surface area contributed by atoms with E-state index in [0.717, 1.165) is 44.8 Å². The summed E-state index contributed by atoms with van der Waals surface area (Å²) in [6.07, 6.45) is 6.09. The summed E-state index contributed by atoms with van der Waals surface area (Å²) < 4.78 is 6.83. The van der Waals surface area contributed by atoms with Gasteiger partial charge < -0.3 is 14.5 Å². The van der Waals surface area contributed by atoms with E-state index in [2.05, 4.69) is 10.1 Å². The quantitative estimate of drug-likeness (QED) is 0.283. The number of carbonyl (C=O) groups excluding carboxylic acids is 2. The highest BCUT2D eigenvalue weighted by Gasteiger charge is 2.20. The molecule has 0 radical (unpaired) electrons. The van der Waals surface area contributed by atoms with Gasteiger partial charge in [0.1, 0.15) is 6.54 Å². The number of para-hydroxylation sites is 1. The third kappa shape index (κ3) is 4.57. The number of amides is 1. The second-order valence-corrected chi connectivity index (χ2v) is 8.23. The second-order valence-electron chi connectivity index (χ2n) is 8.23. The molecule has 0 bridgehead atoms. The molecule has 4 aromatic rings. The zero-order valence-electron chi connectivity index (χ0n) is 20.5. The molecule has 0 unspecified atom stereocenters. The average molecular weight is 473 g/mol. The van der Waals surface area contributed by atoms with Crippen LogP contribution in [-0.4, -0.2) is 52.3 Å². The smallest absolute Gasteiger partial charge is 0.326 e. The number of hydrogen-bond acceptors (Lipinski definition) is 7. The molecule has 3 aromatic heterocycles. The molecule has 9 heteroatoms. The van der Waals surface area contributed by atoms with Crippen LogP contribution in [0.3, 0.4) is 0 Å². The number of anilines is 3. The third-order valence-electron chi connectivity index (χ3n) is 5.98. The Bertz CT molecular complexity index is 1380. The maximum Gasteiger partial charge on any atom is 0.326 e. The van der Waals surface area contributed by atoms with Crippen LogP contribution in [0.4, 0.5) is 17.1 Å². The summed E-state index contributed by atoms with van der Waals surface area (Å²) in [6.45, 7) is 5.74. The molecule has 9 nitrogen and oxygen atoms in total. The van der Waals surface area contributed by atoms with Crippen LogP contribution in [0.25, 0.3) is 22.2 Å². The Labute approximate surface area is 204 Å². The highest BCUT2D eigenvalue weighted by Crippen LogP contribution is 2.37. The summed E-state index contributed by atoms with van der Waals surface area (Å²) in [6, 6.07) is 9.56. The van der Waals surface area contributed by atoms with Crippen molar-refractivity contribution >= 4 is 40.3 Å². The van der Waals surface area contributed by atoms with E-state index in [4.69, 9.17) is 9.72 Å². The highest BCUT2D eigenvalue weighted by molar-refractivity contribution is 5.95. The molecule has 4 rings (SSSR count). The van der Waals surface area contributed by atoms with Gasteiger partial charge in [-0.05, 0) is 44.5 Å². The minimum atomic E-state index is -0.464. The molecular formula is C26H28N6O3. The van der Waals surface area contributed by atoms with Crippen molar-refractivity contribution in [1.82, 2.24) is 19.7 Å². The Morgan fingerprint density at radius 2 is 1.91 bits per heavy atom. The van der Waals surface area contributed by atoms with Gasteiger partial charge in [0.25, 0.3) is 0 Å². The van der Waals surface area contributed by atoms with E-state index >= 15 is 0 Å². The number of hydrogen-bond donors (Lipinski definition) is 0. The van der Waals surface area contributed by atoms with Crippen molar-refractivity contribution in [2.75, 3.05) is 30.0 Å². The van der Waals surface area contributed by atoms with Crippen molar-refractivity contribution in [1.29, 1.82) is 0 Å². The Balaban J connectivity index is 1.70. The number of aryl methyl sites for hydroxylation is 3. The van der Waals surface area contributed by atoms with E-state index in [1.54, 1.807) is 17.8 Å². The number of rotatable bonds is 8. The molecule has 0 spiro atoms. The molecule has 1 aromatic carbocycles. The van der Waals surface area contributed by atoms with Gasteiger partial charge in [-0.25, -0.2) is 0 Å². The van der Waals surface area contributed by atoms with Gasteiger partial charge >= 0.3 is 5.97 Å². The van der Waals surface area contributed by atoms with Gasteiger partial charge in [0, 0.05) is 30.7 Å². The van der Waals surface area contributed by atoms with Crippen molar-refractivity contribution in [2.24, 2.45) is 7.05 Å². The van der Waals surface area contributed by atoms with Gasteiger partial charge in [0.15, 0.2) is 0 Å². The Morgan fingerprint density at radius 1 is 1.11 bits per heavy atom. The van der Waals surface area contributed by atoms with Gasteiger partial charge in [-0.3, -0.25) is 24.2 Å². The normalized spacial score (nSPS) is 10.9. The van der Waals surface area contributed by atoms with Crippen molar-refractivity contribution < 1.29 is 14.3 Å². The van der Waals surface area contributed by atoms with Crippen molar-refractivity contribution in [2.45, 2.75) is 20.8 Å². The zero-order valence-corrected chi connectivity index (χ0v) is 20.5. The predicted molar refractivity (Wildman–Crippen MR) is 136 cm³/mol. The lowest BCUT2D eigenvalue weighted by Crippen LogP contribution is -2.31. The molecule has 3 heterocycles. The lowest BCUT2D eigenvalue weighted by molar-refractivity contribution is -0.141. The van der Waals surface area contributed by atoms with Crippen LogP contribution in [0.2, 0.25) is 0 Å². The van der Waals surface area contributed by atoms with Gasteiger partial charge in [0.05, 0.1) is 53.5 Å². The number of pyridine rings is 2. The number of nitrogens with zero attached hydrogens (tertiary/aromatic N) is 6. The summed E-state index contributed by atoms with van der Waals surface area (Å²) >= 11 is 0. The fraction of sp³-hybridized carbons (Fsp3) is 0.269. The van der Waals surface area contributed by atoms with E-state index in [9.17, 15) is 9.59 Å². The molecule has 0 atom stereocenters. The number of aromatic nitrogens is 4. The topological polar surface area (TPSA) is 93.5 Å². The molecule has 0 N–H and O–H groups in total. The van der Waals surface area contributed by atoms with E-state index < -0.39 is 5.97 Å². The maximum absolute atomic E-state index is 12.1.